The van der Waals surface area contributed by atoms with E-state index in [2.05, 4.69) is 4.72 Å². The molecule has 0 spiro atoms. The molecule has 1 atom stereocenters. The van der Waals surface area contributed by atoms with Crippen LogP contribution in [0.25, 0.3) is 0 Å². The van der Waals surface area contributed by atoms with Gasteiger partial charge in [-0.25, -0.2) is 16.8 Å². The average molecular weight is 612 g/mol. The molecular formula is C28H38NO8PS2. The van der Waals surface area contributed by atoms with Crippen molar-refractivity contribution >= 4 is 33.2 Å². The van der Waals surface area contributed by atoms with Crippen LogP contribution in [0.3, 0.4) is 0 Å². The SMILES string of the molecule is CCCCCOP(=O)(OCCCCC)C1(NS(C)(=O)=O)C=C(S(=O)(=O)c2ccc(C)cc2)C(=O)c2ccccc21. The Labute approximate surface area is 237 Å². The van der Waals surface area contributed by atoms with Crippen LogP contribution >= 0.6 is 7.60 Å². The third kappa shape index (κ3) is 7.01. The summed E-state index contributed by atoms with van der Waals surface area (Å²) in [7, 11) is -13.2. The number of carbonyl (C=O) groups is 1. The largest absolute Gasteiger partial charge is 0.360 e. The van der Waals surface area contributed by atoms with E-state index in [1.807, 2.05) is 13.8 Å². The predicted molar refractivity (Wildman–Crippen MR) is 155 cm³/mol. The lowest BCUT2D eigenvalue weighted by Crippen LogP contribution is -2.48. The van der Waals surface area contributed by atoms with E-state index >= 15 is 0 Å². The molecule has 12 heteroatoms. The molecule has 0 saturated heterocycles. The number of nitrogens with one attached hydrogen (secondary N) is 1. The van der Waals surface area contributed by atoms with Crippen molar-refractivity contribution in [1.82, 2.24) is 4.72 Å². The molecule has 0 aliphatic heterocycles. The Hall–Kier alpha value is -2.14. The van der Waals surface area contributed by atoms with Crippen molar-refractivity contribution in [3.8, 4) is 0 Å². The summed E-state index contributed by atoms with van der Waals surface area (Å²) in [5.74, 6) is -0.842. The summed E-state index contributed by atoms with van der Waals surface area (Å²) in [5, 5.41) is -2.31. The molecule has 0 saturated carbocycles. The molecule has 1 N–H and O–H groups in total. The second-order valence-corrected chi connectivity index (χ2v) is 15.8. The number of carbonyl (C=O) groups excluding carboxylic acids is 1. The predicted octanol–water partition coefficient (Wildman–Crippen LogP) is 5.86. The van der Waals surface area contributed by atoms with Crippen LogP contribution in [0.1, 0.15) is 73.9 Å². The molecule has 0 aromatic heterocycles. The maximum atomic E-state index is 14.9. The number of aryl methyl sites for hydroxylation is 1. The zero-order chi connectivity index (χ0) is 29.6. The summed E-state index contributed by atoms with van der Waals surface area (Å²) in [4.78, 5) is 12.8. The lowest BCUT2D eigenvalue weighted by Gasteiger charge is -2.40. The van der Waals surface area contributed by atoms with Gasteiger partial charge in [0, 0.05) is 11.1 Å². The zero-order valence-electron chi connectivity index (χ0n) is 23.4. The Morgan fingerprint density at radius 2 is 1.40 bits per heavy atom. The summed E-state index contributed by atoms with van der Waals surface area (Å²) in [6.45, 7) is 5.73. The Morgan fingerprint density at radius 1 is 0.850 bits per heavy atom. The van der Waals surface area contributed by atoms with E-state index in [4.69, 9.17) is 9.05 Å². The second-order valence-electron chi connectivity index (χ2n) is 9.92. The standard InChI is InChI=1S/C28H38NO8PS2/c1-5-7-11-19-36-38(31,37-20-12-8-6-2)28(29-39(4,32)33)21-26(27(30)24-13-9-10-14-25(24)28)40(34,35)23-17-15-22(3)16-18-23/h9-10,13-18,21,29H,5-8,11-12,19-20H2,1-4H3. The number of rotatable bonds is 15. The fourth-order valence-corrected chi connectivity index (χ4v) is 9.69. The van der Waals surface area contributed by atoms with Gasteiger partial charge in [-0.1, -0.05) is 81.5 Å². The number of hydrogen-bond donors (Lipinski definition) is 1. The van der Waals surface area contributed by atoms with Crippen LogP contribution in [-0.4, -0.2) is 42.1 Å². The zero-order valence-corrected chi connectivity index (χ0v) is 25.9. The molecule has 0 fully saturated rings. The van der Waals surface area contributed by atoms with Crippen LogP contribution in [0.2, 0.25) is 0 Å². The molecular weight excluding hydrogens is 573 g/mol. The van der Waals surface area contributed by atoms with Crippen LogP contribution in [0.15, 0.2) is 64.4 Å². The van der Waals surface area contributed by atoms with Crippen LogP contribution in [-0.2, 0) is 38.8 Å². The van der Waals surface area contributed by atoms with E-state index in [-0.39, 0.29) is 29.2 Å². The van der Waals surface area contributed by atoms with Gasteiger partial charge in [-0.15, -0.1) is 0 Å². The summed E-state index contributed by atoms with van der Waals surface area (Å²) < 4.78 is 82.6. The molecule has 0 heterocycles. The molecule has 220 valence electrons. The van der Waals surface area contributed by atoms with Crippen molar-refractivity contribution < 1.29 is 35.2 Å². The number of allylic oxidation sites excluding steroid dienone is 1. The van der Waals surface area contributed by atoms with E-state index in [9.17, 15) is 26.2 Å². The fourth-order valence-electron chi connectivity index (χ4n) is 4.49. The Bertz CT molecular complexity index is 1480. The summed E-state index contributed by atoms with van der Waals surface area (Å²) in [5.41, 5.74) is 0.704. The normalized spacial score (nSPS) is 17.9. The quantitative estimate of drug-likeness (QED) is 0.196. The molecule has 0 amide bonds. The van der Waals surface area contributed by atoms with Crippen molar-refractivity contribution in [2.24, 2.45) is 0 Å². The van der Waals surface area contributed by atoms with E-state index < -0.39 is 43.4 Å². The highest BCUT2D eigenvalue weighted by Gasteiger charge is 2.58. The Morgan fingerprint density at radius 3 is 1.93 bits per heavy atom. The van der Waals surface area contributed by atoms with Gasteiger partial charge in [-0.05, 0) is 38.0 Å². The van der Waals surface area contributed by atoms with Crippen molar-refractivity contribution in [3.63, 3.8) is 0 Å². The van der Waals surface area contributed by atoms with E-state index in [0.29, 0.717) is 12.8 Å². The molecule has 0 bridgehead atoms. The van der Waals surface area contributed by atoms with E-state index in [1.165, 1.54) is 30.3 Å². The molecule has 3 rings (SSSR count). The molecule has 9 nitrogen and oxygen atoms in total. The van der Waals surface area contributed by atoms with Gasteiger partial charge < -0.3 is 9.05 Å². The van der Waals surface area contributed by atoms with Gasteiger partial charge in [0.15, 0.2) is 5.28 Å². The first-order valence-corrected chi connectivity index (χ1v) is 18.3. The molecule has 40 heavy (non-hydrogen) atoms. The van der Waals surface area contributed by atoms with Gasteiger partial charge in [0.1, 0.15) is 4.91 Å². The van der Waals surface area contributed by atoms with Crippen LogP contribution < -0.4 is 4.72 Å². The second kappa shape index (κ2) is 13.2. The van der Waals surface area contributed by atoms with Crippen molar-refractivity contribution in [2.45, 2.75) is 69.5 Å². The lowest BCUT2D eigenvalue weighted by molar-refractivity contribution is 0.103. The average Bonchev–Trinajstić information content (AvgIpc) is 2.90. The minimum Gasteiger partial charge on any atom is -0.307 e. The van der Waals surface area contributed by atoms with Crippen LogP contribution in [0, 0.1) is 6.92 Å². The number of ketones is 1. The maximum absolute atomic E-state index is 14.9. The highest BCUT2D eigenvalue weighted by molar-refractivity contribution is 7.96. The fraction of sp³-hybridized carbons (Fsp3) is 0.464. The first-order valence-electron chi connectivity index (χ1n) is 13.4. The summed E-state index contributed by atoms with van der Waals surface area (Å²) >= 11 is 0. The molecule has 0 radical (unpaired) electrons. The first-order chi connectivity index (χ1) is 18.8. The number of sulfone groups is 1. The van der Waals surface area contributed by atoms with Gasteiger partial charge in [-0.3, -0.25) is 9.36 Å². The number of fused-ring (bicyclic) bond motifs is 1. The molecule has 1 aliphatic rings. The van der Waals surface area contributed by atoms with E-state index in [0.717, 1.165) is 43.6 Å². The number of Topliss-reactive ketones (excluding diaryl/α,β-unsaturated/α-hetero) is 1. The Kier molecular flexibility index (Phi) is 10.7. The van der Waals surface area contributed by atoms with Gasteiger partial charge in [-0.2, -0.15) is 4.72 Å². The smallest absolute Gasteiger partial charge is 0.307 e. The Balaban J connectivity index is 2.35. The van der Waals surface area contributed by atoms with Crippen molar-refractivity contribution in [3.05, 3.63) is 76.2 Å². The molecule has 2 aromatic rings. The third-order valence-corrected chi connectivity index (χ3v) is 11.6. The topological polar surface area (TPSA) is 133 Å². The molecule has 1 unspecified atom stereocenters. The summed E-state index contributed by atoms with van der Waals surface area (Å²) in [6, 6.07) is 11.8. The van der Waals surface area contributed by atoms with Gasteiger partial charge in [0.25, 0.3) is 0 Å². The van der Waals surface area contributed by atoms with E-state index in [1.54, 1.807) is 25.1 Å². The number of benzene rings is 2. The maximum Gasteiger partial charge on any atom is 0.360 e. The highest BCUT2D eigenvalue weighted by atomic mass is 32.2. The van der Waals surface area contributed by atoms with Gasteiger partial charge in [0.05, 0.1) is 24.4 Å². The number of sulfonamides is 1. The van der Waals surface area contributed by atoms with Crippen LogP contribution in [0.5, 0.6) is 0 Å². The highest BCUT2D eigenvalue weighted by Crippen LogP contribution is 2.66. The minimum absolute atomic E-state index is 0.00241. The van der Waals surface area contributed by atoms with Crippen molar-refractivity contribution in [1.29, 1.82) is 0 Å². The number of hydrogen-bond acceptors (Lipinski definition) is 8. The van der Waals surface area contributed by atoms with Crippen molar-refractivity contribution in [2.75, 3.05) is 19.5 Å². The third-order valence-electron chi connectivity index (χ3n) is 6.56. The van der Waals surface area contributed by atoms with Gasteiger partial charge >= 0.3 is 7.60 Å². The monoisotopic (exact) mass is 611 g/mol. The lowest BCUT2D eigenvalue weighted by atomic mass is 9.92. The van der Waals surface area contributed by atoms with Crippen LogP contribution in [0.4, 0.5) is 0 Å². The summed E-state index contributed by atoms with van der Waals surface area (Å²) in [6.07, 6.45) is 6.07. The molecule has 1 aliphatic carbocycles. The van der Waals surface area contributed by atoms with Gasteiger partial charge in [0.2, 0.25) is 25.6 Å². The number of unbranched alkanes of at least 4 members (excludes halogenated alkanes) is 4. The minimum atomic E-state index is -4.55. The first kappa shape index (κ1) is 32.4. The molecule has 2 aromatic carbocycles.